The van der Waals surface area contributed by atoms with Crippen LogP contribution in [-0.2, 0) is 11.2 Å². The Morgan fingerprint density at radius 1 is 1.47 bits per heavy atom. The highest BCUT2D eigenvalue weighted by Crippen LogP contribution is 2.22. The maximum absolute atomic E-state index is 11.9. The van der Waals surface area contributed by atoms with Gasteiger partial charge in [-0.05, 0) is 23.8 Å². The third-order valence-corrected chi connectivity index (χ3v) is 2.46. The third kappa shape index (κ3) is 4.18. The van der Waals surface area contributed by atoms with E-state index in [1.807, 2.05) is 0 Å². The van der Waals surface area contributed by atoms with E-state index in [0.29, 0.717) is 5.75 Å². The molecule has 0 heterocycles. The largest absolute Gasteiger partial charge is 0.463 e. The summed E-state index contributed by atoms with van der Waals surface area (Å²) >= 11 is 8.64. The molecule has 0 saturated carbocycles. The van der Waals surface area contributed by atoms with Crippen molar-refractivity contribution in [1.29, 1.82) is 0 Å². The van der Waals surface area contributed by atoms with E-state index in [1.165, 1.54) is 0 Å². The van der Waals surface area contributed by atoms with Crippen molar-refractivity contribution in [3.8, 4) is 5.75 Å². The predicted octanol–water partition coefficient (Wildman–Crippen LogP) is 3.11. The first-order valence-corrected chi connectivity index (χ1v) is 5.54. The van der Waals surface area contributed by atoms with Gasteiger partial charge in [-0.2, -0.15) is 0 Å². The second-order valence-corrected chi connectivity index (χ2v) is 4.08. The molecule has 0 N–H and O–H groups in total. The second kappa shape index (κ2) is 6.08. The number of carbonyl (C=O) groups excluding carboxylic acids is 1. The number of Topliss-reactive ketones (excluding diaryl/α,β-unsaturated/α-hetero) is 1. The van der Waals surface area contributed by atoms with Crippen LogP contribution >= 0.6 is 27.5 Å². The lowest BCUT2D eigenvalue weighted by molar-refractivity contribution is -0.116. The summed E-state index contributed by atoms with van der Waals surface area (Å²) in [5, 5.41) is 0. The van der Waals surface area contributed by atoms with Crippen LogP contribution in [0, 0.1) is 0 Å². The molecule has 0 saturated heterocycles. The number of hydrogen-bond donors (Lipinski definition) is 0. The molecule has 1 aromatic carbocycles. The van der Waals surface area contributed by atoms with E-state index >= 15 is 0 Å². The van der Waals surface area contributed by atoms with Gasteiger partial charge < -0.3 is 4.74 Å². The average molecular weight is 296 g/mol. The van der Waals surface area contributed by atoms with Crippen LogP contribution < -0.4 is 4.74 Å². The molecule has 0 fully saturated rings. The first-order valence-electron chi connectivity index (χ1n) is 4.21. The van der Waals surface area contributed by atoms with E-state index in [-0.39, 0.29) is 18.1 Å². The molecule has 0 unspecified atom stereocenters. The molecule has 0 amide bonds. The van der Waals surface area contributed by atoms with E-state index in [1.54, 1.807) is 18.2 Å². The predicted molar refractivity (Wildman–Crippen MR) is 60.2 cm³/mol. The Balaban J connectivity index is 2.83. The van der Waals surface area contributed by atoms with E-state index in [2.05, 4.69) is 15.9 Å². The Kier molecular flexibility index (Phi) is 5.05. The monoisotopic (exact) mass is 294 g/mol. The molecule has 2 nitrogen and oxygen atoms in total. The second-order valence-electron chi connectivity index (χ2n) is 2.90. The van der Waals surface area contributed by atoms with Crippen LogP contribution in [0.1, 0.15) is 5.56 Å². The SMILES string of the molecule is O=C(CCl)Cc1cc(Br)cc(OCF)c1. The van der Waals surface area contributed by atoms with Crippen molar-refractivity contribution in [3.05, 3.63) is 28.2 Å². The molecule has 5 heteroatoms. The molecule has 0 aromatic heterocycles. The number of halogens is 3. The molecule has 0 spiro atoms. The van der Waals surface area contributed by atoms with Gasteiger partial charge in [0.2, 0.25) is 6.86 Å². The average Bonchev–Trinajstić information content (AvgIpc) is 2.17. The molecule has 15 heavy (non-hydrogen) atoms. The fraction of sp³-hybridized carbons (Fsp3) is 0.300. The van der Waals surface area contributed by atoms with Gasteiger partial charge in [0.15, 0.2) is 5.78 Å². The van der Waals surface area contributed by atoms with Crippen LogP contribution in [0.15, 0.2) is 22.7 Å². The van der Waals surface area contributed by atoms with Crippen molar-refractivity contribution in [1.82, 2.24) is 0 Å². The van der Waals surface area contributed by atoms with Crippen molar-refractivity contribution in [3.63, 3.8) is 0 Å². The number of hydrogen-bond acceptors (Lipinski definition) is 2. The number of ether oxygens (including phenoxy) is 1. The minimum atomic E-state index is -0.890. The Labute approximate surface area is 101 Å². The van der Waals surface area contributed by atoms with Gasteiger partial charge in [0.05, 0.1) is 5.88 Å². The number of benzene rings is 1. The highest BCUT2D eigenvalue weighted by atomic mass is 79.9. The maximum atomic E-state index is 11.9. The molecular formula is C10H9BrClFO2. The summed E-state index contributed by atoms with van der Waals surface area (Å²) in [7, 11) is 0. The van der Waals surface area contributed by atoms with Crippen LogP contribution in [0.25, 0.3) is 0 Å². The van der Waals surface area contributed by atoms with Gasteiger partial charge in [-0.15, -0.1) is 11.6 Å². The van der Waals surface area contributed by atoms with Crippen LogP contribution in [0.4, 0.5) is 4.39 Å². The minimum Gasteiger partial charge on any atom is -0.463 e. The number of carbonyl (C=O) groups is 1. The van der Waals surface area contributed by atoms with E-state index < -0.39 is 6.86 Å². The zero-order chi connectivity index (χ0) is 11.3. The first-order chi connectivity index (χ1) is 7.15. The van der Waals surface area contributed by atoms with Crippen LogP contribution in [0.5, 0.6) is 5.75 Å². The molecule has 82 valence electrons. The standard InChI is InChI=1S/C10H9BrClFO2/c11-8-1-7(2-9(14)5-12)3-10(4-8)15-6-13/h1,3-4H,2,5-6H2. The lowest BCUT2D eigenvalue weighted by atomic mass is 10.1. The van der Waals surface area contributed by atoms with Crippen molar-refractivity contribution in [2.24, 2.45) is 0 Å². The van der Waals surface area contributed by atoms with Gasteiger partial charge in [-0.1, -0.05) is 15.9 Å². The quantitative estimate of drug-likeness (QED) is 0.780. The lowest BCUT2D eigenvalue weighted by Gasteiger charge is -2.05. The summed E-state index contributed by atoms with van der Waals surface area (Å²) in [6.07, 6.45) is 0.228. The Morgan fingerprint density at radius 3 is 2.80 bits per heavy atom. The molecular weight excluding hydrogens is 286 g/mol. The lowest BCUT2D eigenvalue weighted by Crippen LogP contribution is -2.04. The number of rotatable bonds is 5. The van der Waals surface area contributed by atoms with Crippen molar-refractivity contribution >= 4 is 33.3 Å². The van der Waals surface area contributed by atoms with Gasteiger partial charge in [-0.25, -0.2) is 4.39 Å². The fourth-order valence-electron chi connectivity index (χ4n) is 1.14. The summed E-state index contributed by atoms with van der Waals surface area (Å²) in [4.78, 5) is 11.1. The number of ketones is 1. The third-order valence-electron chi connectivity index (χ3n) is 1.70. The van der Waals surface area contributed by atoms with Crippen LogP contribution in [0.3, 0.4) is 0 Å². The van der Waals surface area contributed by atoms with Gasteiger partial charge in [0, 0.05) is 10.9 Å². The summed E-state index contributed by atoms with van der Waals surface area (Å²) in [6, 6.07) is 5.03. The van der Waals surface area contributed by atoms with E-state index in [9.17, 15) is 9.18 Å². The normalized spacial score (nSPS) is 10.1. The highest BCUT2D eigenvalue weighted by Gasteiger charge is 2.05. The van der Waals surface area contributed by atoms with E-state index in [0.717, 1.165) is 10.0 Å². The summed E-state index contributed by atoms with van der Waals surface area (Å²) < 4.78 is 17.4. The molecule has 0 aliphatic rings. The molecule has 0 aliphatic carbocycles. The van der Waals surface area contributed by atoms with Crippen molar-refractivity contribution in [2.45, 2.75) is 6.42 Å². The van der Waals surface area contributed by atoms with E-state index in [4.69, 9.17) is 16.3 Å². The Bertz CT molecular complexity index is 357. The molecule has 0 bridgehead atoms. The Morgan fingerprint density at radius 2 is 2.20 bits per heavy atom. The summed E-state index contributed by atoms with van der Waals surface area (Å²) in [5.41, 5.74) is 0.749. The molecule has 0 radical (unpaired) electrons. The summed E-state index contributed by atoms with van der Waals surface area (Å²) in [5.74, 6) is 0.288. The van der Waals surface area contributed by atoms with Gasteiger partial charge in [0.25, 0.3) is 0 Å². The molecule has 1 rings (SSSR count). The zero-order valence-corrected chi connectivity index (χ0v) is 10.1. The van der Waals surface area contributed by atoms with Crippen LogP contribution in [-0.4, -0.2) is 18.5 Å². The maximum Gasteiger partial charge on any atom is 0.228 e. The van der Waals surface area contributed by atoms with Gasteiger partial charge >= 0.3 is 0 Å². The molecule has 1 aromatic rings. The molecule has 0 aliphatic heterocycles. The topological polar surface area (TPSA) is 26.3 Å². The summed E-state index contributed by atoms with van der Waals surface area (Å²) in [6.45, 7) is -0.890. The Hall–Kier alpha value is -0.610. The fourth-order valence-corrected chi connectivity index (χ4v) is 1.76. The van der Waals surface area contributed by atoms with Crippen LogP contribution in [0.2, 0.25) is 0 Å². The van der Waals surface area contributed by atoms with Gasteiger partial charge in [0.1, 0.15) is 5.75 Å². The van der Waals surface area contributed by atoms with Gasteiger partial charge in [-0.3, -0.25) is 4.79 Å². The minimum absolute atomic E-state index is 0.0220. The smallest absolute Gasteiger partial charge is 0.228 e. The van der Waals surface area contributed by atoms with Crippen molar-refractivity contribution in [2.75, 3.05) is 12.7 Å². The highest BCUT2D eigenvalue weighted by molar-refractivity contribution is 9.10. The van der Waals surface area contributed by atoms with Crippen molar-refractivity contribution < 1.29 is 13.9 Å². The first kappa shape index (κ1) is 12.5. The molecule has 0 atom stereocenters. The number of alkyl halides is 2. The zero-order valence-electron chi connectivity index (χ0n) is 7.80.